The number of ether oxygens (including phenoxy) is 2. The Morgan fingerprint density at radius 2 is 1.59 bits per heavy atom. The molecule has 1 unspecified atom stereocenters. The third-order valence-electron chi connectivity index (χ3n) is 2.90. The number of benzene rings is 1. The summed E-state index contributed by atoms with van der Waals surface area (Å²) in [7, 11) is 5.26. The first-order chi connectivity index (χ1) is 8.10. The normalized spacial score (nSPS) is 13.1. The predicted molar refractivity (Wildman–Crippen MR) is 70.3 cm³/mol. The van der Waals surface area contributed by atoms with E-state index in [4.69, 9.17) is 9.47 Å². The van der Waals surface area contributed by atoms with Crippen molar-refractivity contribution < 1.29 is 9.47 Å². The van der Waals surface area contributed by atoms with Gasteiger partial charge in [0.15, 0.2) is 6.29 Å². The third kappa shape index (κ3) is 4.11. The molecular formula is C14H23NO2. The Morgan fingerprint density at radius 3 is 2.00 bits per heavy atom. The fourth-order valence-electron chi connectivity index (χ4n) is 2.20. The van der Waals surface area contributed by atoms with E-state index < -0.39 is 0 Å². The van der Waals surface area contributed by atoms with Gasteiger partial charge in [-0.05, 0) is 32.9 Å². The molecule has 3 nitrogen and oxygen atoms in total. The number of likely N-dealkylation sites (N-methyl/N-ethyl adjacent to an activating group) is 1. The molecule has 0 aromatic heterocycles. The Labute approximate surface area is 104 Å². The molecule has 96 valence electrons. The Hall–Kier alpha value is -0.900. The second-order valence-corrected chi connectivity index (χ2v) is 4.44. The fourth-order valence-corrected chi connectivity index (χ4v) is 2.20. The molecule has 0 amide bonds. The lowest BCUT2D eigenvalue weighted by atomic mass is 10.0. The minimum atomic E-state index is -0.221. The monoisotopic (exact) mass is 237 g/mol. The maximum Gasteiger partial charge on any atom is 0.172 e. The highest BCUT2D eigenvalue weighted by Gasteiger charge is 2.19. The maximum absolute atomic E-state index is 5.30. The van der Waals surface area contributed by atoms with Crippen LogP contribution in [0.2, 0.25) is 0 Å². The van der Waals surface area contributed by atoms with Crippen LogP contribution in [0.1, 0.15) is 16.7 Å². The number of hydrogen-bond acceptors (Lipinski definition) is 3. The van der Waals surface area contributed by atoms with Crippen LogP contribution in [-0.2, 0) is 15.9 Å². The van der Waals surface area contributed by atoms with Gasteiger partial charge < -0.3 is 14.8 Å². The van der Waals surface area contributed by atoms with Crippen LogP contribution in [0.5, 0.6) is 0 Å². The summed E-state index contributed by atoms with van der Waals surface area (Å²) in [6.45, 7) is 4.24. The molecule has 0 saturated heterocycles. The zero-order valence-corrected chi connectivity index (χ0v) is 11.4. The Kier molecular flexibility index (Phi) is 5.62. The molecule has 0 saturated carbocycles. The van der Waals surface area contributed by atoms with Crippen LogP contribution >= 0.6 is 0 Å². The van der Waals surface area contributed by atoms with E-state index in [0.717, 1.165) is 6.42 Å². The minimum absolute atomic E-state index is 0.159. The first-order valence-corrected chi connectivity index (χ1v) is 5.90. The molecule has 1 aromatic carbocycles. The van der Waals surface area contributed by atoms with Crippen molar-refractivity contribution in [2.75, 3.05) is 21.3 Å². The van der Waals surface area contributed by atoms with E-state index >= 15 is 0 Å². The van der Waals surface area contributed by atoms with Crippen LogP contribution in [0.3, 0.4) is 0 Å². The molecule has 1 N–H and O–H groups in total. The van der Waals surface area contributed by atoms with Crippen LogP contribution in [0.15, 0.2) is 18.2 Å². The summed E-state index contributed by atoms with van der Waals surface area (Å²) in [5.74, 6) is 0. The molecule has 1 rings (SSSR count). The van der Waals surface area contributed by atoms with Gasteiger partial charge in [-0.2, -0.15) is 0 Å². The highest BCUT2D eigenvalue weighted by atomic mass is 16.7. The molecule has 0 radical (unpaired) electrons. The summed E-state index contributed by atoms with van der Waals surface area (Å²) in [6, 6.07) is 6.76. The van der Waals surface area contributed by atoms with Gasteiger partial charge >= 0.3 is 0 Å². The van der Waals surface area contributed by atoms with Crippen molar-refractivity contribution in [1.82, 2.24) is 5.32 Å². The van der Waals surface area contributed by atoms with Gasteiger partial charge in [0.2, 0.25) is 0 Å². The SMILES string of the molecule is CNC(Cc1cc(C)cc(C)c1)C(OC)OC. The molecule has 0 aliphatic rings. The molecular weight excluding hydrogens is 214 g/mol. The van der Waals surface area contributed by atoms with E-state index in [1.54, 1.807) is 14.2 Å². The number of aryl methyl sites for hydroxylation is 2. The molecule has 1 atom stereocenters. The van der Waals surface area contributed by atoms with Crippen molar-refractivity contribution in [2.24, 2.45) is 0 Å². The lowest BCUT2D eigenvalue weighted by Gasteiger charge is -2.24. The lowest BCUT2D eigenvalue weighted by molar-refractivity contribution is -0.121. The third-order valence-corrected chi connectivity index (χ3v) is 2.90. The quantitative estimate of drug-likeness (QED) is 0.768. The van der Waals surface area contributed by atoms with Crippen LogP contribution in [0.4, 0.5) is 0 Å². The Bertz CT molecular complexity index is 328. The summed E-state index contributed by atoms with van der Waals surface area (Å²) in [4.78, 5) is 0. The number of rotatable bonds is 6. The van der Waals surface area contributed by atoms with Crippen molar-refractivity contribution in [3.8, 4) is 0 Å². The highest BCUT2D eigenvalue weighted by molar-refractivity contribution is 5.29. The average molecular weight is 237 g/mol. The zero-order valence-electron chi connectivity index (χ0n) is 11.4. The largest absolute Gasteiger partial charge is 0.354 e. The van der Waals surface area contributed by atoms with Gasteiger partial charge in [0.1, 0.15) is 0 Å². The second-order valence-electron chi connectivity index (χ2n) is 4.44. The molecule has 0 aliphatic carbocycles. The van der Waals surface area contributed by atoms with E-state index in [9.17, 15) is 0 Å². The molecule has 1 aromatic rings. The molecule has 0 spiro atoms. The highest BCUT2D eigenvalue weighted by Crippen LogP contribution is 2.13. The molecule has 0 bridgehead atoms. The van der Waals surface area contributed by atoms with E-state index in [1.807, 2.05) is 7.05 Å². The smallest absolute Gasteiger partial charge is 0.172 e. The van der Waals surface area contributed by atoms with Gasteiger partial charge in [0.25, 0.3) is 0 Å². The number of methoxy groups -OCH3 is 2. The standard InChI is InChI=1S/C14H23NO2/c1-10-6-11(2)8-12(7-10)9-13(15-3)14(16-4)17-5/h6-8,13-15H,9H2,1-5H3. The maximum atomic E-state index is 5.30. The fraction of sp³-hybridized carbons (Fsp3) is 0.571. The first-order valence-electron chi connectivity index (χ1n) is 5.90. The molecule has 0 aliphatic heterocycles. The number of nitrogens with one attached hydrogen (secondary N) is 1. The average Bonchev–Trinajstić information content (AvgIpc) is 2.27. The van der Waals surface area contributed by atoms with E-state index in [1.165, 1.54) is 16.7 Å². The minimum Gasteiger partial charge on any atom is -0.354 e. The predicted octanol–water partition coefficient (Wildman–Crippen LogP) is 2.05. The van der Waals surface area contributed by atoms with Crippen molar-refractivity contribution in [3.63, 3.8) is 0 Å². The van der Waals surface area contributed by atoms with Crippen LogP contribution in [0.25, 0.3) is 0 Å². The molecule has 0 fully saturated rings. The van der Waals surface area contributed by atoms with Gasteiger partial charge in [-0.25, -0.2) is 0 Å². The summed E-state index contributed by atoms with van der Waals surface area (Å²) >= 11 is 0. The molecule has 17 heavy (non-hydrogen) atoms. The second kappa shape index (κ2) is 6.74. The van der Waals surface area contributed by atoms with E-state index in [2.05, 4.69) is 37.4 Å². The Balaban J connectivity index is 2.79. The van der Waals surface area contributed by atoms with Gasteiger partial charge in [0.05, 0.1) is 6.04 Å². The van der Waals surface area contributed by atoms with E-state index in [0.29, 0.717) is 0 Å². The van der Waals surface area contributed by atoms with E-state index in [-0.39, 0.29) is 12.3 Å². The summed E-state index contributed by atoms with van der Waals surface area (Å²) in [5, 5.41) is 3.24. The summed E-state index contributed by atoms with van der Waals surface area (Å²) in [5.41, 5.74) is 3.89. The van der Waals surface area contributed by atoms with Crippen molar-refractivity contribution >= 4 is 0 Å². The Morgan fingerprint density at radius 1 is 1.06 bits per heavy atom. The van der Waals surface area contributed by atoms with Gasteiger partial charge in [-0.1, -0.05) is 29.3 Å². The molecule has 0 heterocycles. The first kappa shape index (κ1) is 14.2. The number of hydrogen-bond donors (Lipinski definition) is 1. The van der Waals surface area contributed by atoms with Crippen LogP contribution < -0.4 is 5.32 Å². The van der Waals surface area contributed by atoms with Crippen LogP contribution in [-0.4, -0.2) is 33.6 Å². The topological polar surface area (TPSA) is 30.5 Å². The van der Waals surface area contributed by atoms with Gasteiger partial charge in [0, 0.05) is 14.2 Å². The van der Waals surface area contributed by atoms with Gasteiger partial charge in [-0.3, -0.25) is 0 Å². The van der Waals surface area contributed by atoms with Gasteiger partial charge in [-0.15, -0.1) is 0 Å². The van der Waals surface area contributed by atoms with Crippen molar-refractivity contribution in [2.45, 2.75) is 32.6 Å². The zero-order chi connectivity index (χ0) is 12.8. The van der Waals surface area contributed by atoms with Crippen molar-refractivity contribution in [3.05, 3.63) is 34.9 Å². The lowest BCUT2D eigenvalue weighted by Crippen LogP contribution is -2.41. The van der Waals surface area contributed by atoms with Crippen LogP contribution in [0, 0.1) is 13.8 Å². The van der Waals surface area contributed by atoms with Crippen molar-refractivity contribution in [1.29, 1.82) is 0 Å². The summed E-state index contributed by atoms with van der Waals surface area (Å²) in [6.07, 6.45) is 0.673. The molecule has 3 heteroatoms. The summed E-state index contributed by atoms with van der Waals surface area (Å²) < 4.78 is 10.6.